The van der Waals surface area contributed by atoms with Crippen molar-refractivity contribution in [3.8, 4) is 0 Å². The maximum absolute atomic E-state index is 13.3. The van der Waals surface area contributed by atoms with E-state index in [9.17, 15) is 39.9 Å². The van der Waals surface area contributed by atoms with E-state index in [1.165, 1.54) is 4.90 Å². The maximum atomic E-state index is 13.3. The quantitative estimate of drug-likeness (QED) is 0.0713. The number of aliphatic hydroxyl groups excluding tert-OH is 5. The Morgan fingerprint density at radius 1 is 0.964 bits per heavy atom. The summed E-state index contributed by atoms with van der Waals surface area (Å²) in [5.74, 6) is -1.29. The smallest absolute Gasteiger partial charge is 0.407 e. The molecule has 2 heterocycles. The van der Waals surface area contributed by atoms with Crippen molar-refractivity contribution in [1.29, 1.82) is 0 Å². The molecular formula is C38H61ClN8O9. The van der Waals surface area contributed by atoms with Gasteiger partial charge in [0.15, 0.2) is 22.5 Å². The molecule has 1 aromatic heterocycles. The molecular weight excluding hydrogens is 748 g/mol. The number of nitrogens with two attached hydrogens (primary N) is 2. The second-order valence-electron chi connectivity index (χ2n) is 14.8. The van der Waals surface area contributed by atoms with Crippen LogP contribution in [0.4, 0.5) is 16.4 Å². The molecule has 56 heavy (non-hydrogen) atoms. The largest absolute Gasteiger partial charge is 0.465 e. The van der Waals surface area contributed by atoms with E-state index in [4.69, 9.17) is 28.2 Å². The molecule has 0 bridgehead atoms. The predicted molar refractivity (Wildman–Crippen MR) is 212 cm³/mol. The van der Waals surface area contributed by atoms with Gasteiger partial charge < -0.3 is 62.1 Å². The van der Waals surface area contributed by atoms with Crippen molar-refractivity contribution in [3.63, 3.8) is 0 Å². The zero-order valence-corrected chi connectivity index (χ0v) is 33.2. The number of carboxylic acid groups (broad SMARTS) is 1. The first-order chi connectivity index (χ1) is 26.6. The van der Waals surface area contributed by atoms with Gasteiger partial charge >= 0.3 is 6.09 Å². The van der Waals surface area contributed by atoms with Crippen LogP contribution in [0.5, 0.6) is 0 Å². The Morgan fingerprint density at radius 3 is 2.29 bits per heavy atom. The van der Waals surface area contributed by atoms with Crippen LogP contribution in [0.25, 0.3) is 0 Å². The third kappa shape index (κ3) is 14.6. The van der Waals surface area contributed by atoms with E-state index < -0.39 is 43.0 Å². The Morgan fingerprint density at radius 2 is 1.64 bits per heavy atom. The SMILES string of the molecule is CCCCCCN(CCC(=O)N1CCC(CN(CC(CNC(=O)c2nc(Cl)c(N)nc2N)Cc2ccccc2C)C(=O)O)CC1)C[C@@H](O)[C@@H](O)[C@H](O)[C@H](O)CO. The highest BCUT2D eigenvalue weighted by atomic mass is 35.5. The molecule has 17 nitrogen and oxygen atoms in total. The Kier molecular flexibility index (Phi) is 19.5. The van der Waals surface area contributed by atoms with Gasteiger partial charge in [-0.05, 0) is 62.1 Å². The van der Waals surface area contributed by atoms with Crippen LogP contribution in [0.3, 0.4) is 0 Å². The molecule has 2 aromatic rings. The van der Waals surface area contributed by atoms with Crippen molar-refractivity contribution in [1.82, 2.24) is 30.0 Å². The molecule has 1 aromatic carbocycles. The average molecular weight is 809 g/mol. The summed E-state index contributed by atoms with van der Waals surface area (Å²) >= 11 is 5.97. The Labute approximate surface area is 333 Å². The van der Waals surface area contributed by atoms with Gasteiger partial charge in [0.2, 0.25) is 5.91 Å². The third-order valence-electron chi connectivity index (χ3n) is 10.4. The normalized spacial score (nSPS) is 16.3. The fourth-order valence-electron chi connectivity index (χ4n) is 6.90. The van der Waals surface area contributed by atoms with E-state index in [0.717, 1.165) is 36.8 Å². The summed E-state index contributed by atoms with van der Waals surface area (Å²) in [5, 5.41) is 62.8. The van der Waals surface area contributed by atoms with Gasteiger partial charge in [-0.3, -0.25) is 9.59 Å². The minimum Gasteiger partial charge on any atom is -0.465 e. The molecule has 3 rings (SSSR count). The molecule has 314 valence electrons. The van der Waals surface area contributed by atoms with Gasteiger partial charge in [0, 0.05) is 52.2 Å². The van der Waals surface area contributed by atoms with Gasteiger partial charge in [-0.15, -0.1) is 0 Å². The average Bonchev–Trinajstić information content (AvgIpc) is 3.18. The van der Waals surface area contributed by atoms with E-state index in [0.29, 0.717) is 45.4 Å². The monoisotopic (exact) mass is 808 g/mol. The van der Waals surface area contributed by atoms with E-state index in [-0.39, 0.29) is 72.8 Å². The van der Waals surface area contributed by atoms with Gasteiger partial charge in [-0.25, -0.2) is 14.8 Å². The topological polar surface area (TPSA) is 272 Å². The maximum Gasteiger partial charge on any atom is 0.407 e. The number of hydrogen-bond acceptors (Lipinski definition) is 13. The lowest BCUT2D eigenvalue weighted by molar-refractivity contribution is -0.133. The molecule has 11 N–H and O–H groups in total. The number of aryl methyl sites for hydroxylation is 1. The fourth-order valence-corrected chi connectivity index (χ4v) is 7.03. The minimum atomic E-state index is -1.73. The molecule has 0 radical (unpaired) electrons. The lowest BCUT2D eigenvalue weighted by Crippen LogP contribution is -2.50. The third-order valence-corrected chi connectivity index (χ3v) is 10.7. The van der Waals surface area contributed by atoms with Crippen LogP contribution in [0.1, 0.15) is 73.5 Å². The van der Waals surface area contributed by atoms with Gasteiger partial charge in [-0.1, -0.05) is 62.1 Å². The summed E-state index contributed by atoms with van der Waals surface area (Å²) < 4.78 is 0. The van der Waals surface area contributed by atoms with Crippen molar-refractivity contribution in [2.24, 2.45) is 11.8 Å². The number of benzene rings is 1. The van der Waals surface area contributed by atoms with Crippen molar-refractivity contribution in [2.75, 3.05) is 70.4 Å². The lowest BCUT2D eigenvalue weighted by Gasteiger charge is -2.36. The van der Waals surface area contributed by atoms with Gasteiger partial charge in [0.05, 0.1) is 12.7 Å². The van der Waals surface area contributed by atoms with Crippen molar-refractivity contribution in [3.05, 3.63) is 46.2 Å². The van der Waals surface area contributed by atoms with Crippen LogP contribution in [0.15, 0.2) is 24.3 Å². The molecule has 1 unspecified atom stereocenters. The van der Waals surface area contributed by atoms with Crippen LogP contribution in [-0.4, -0.2) is 157 Å². The van der Waals surface area contributed by atoms with Crippen molar-refractivity contribution >= 4 is 41.1 Å². The predicted octanol–water partition coefficient (Wildman–Crippen LogP) is 1.12. The second-order valence-corrected chi connectivity index (χ2v) is 15.1. The fraction of sp³-hybridized carbons (Fsp3) is 0.658. The molecule has 1 aliphatic rings. The van der Waals surface area contributed by atoms with Crippen LogP contribution in [0.2, 0.25) is 5.15 Å². The van der Waals surface area contributed by atoms with E-state index in [1.807, 2.05) is 36.1 Å². The molecule has 1 aliphatic heterocycles. The Hall–Kier alpha value is -3.84. The number of piperidine rings is 1. The summed E-state index contributed by atoms with van der Waals surface area (Å²) in [6, 6.07) is 7.77. The van der Waals surface area contributed by atoms with E-state index in [2.05, 4.69) is 22.2 Å². The number of amides is 3. The van der Waals surface area contributed by atoms with Crippen LogP contribution >= 0.6 is 11.6 Å². The zero-order valence-electron chi connectivity index (χ0n) is 32.5. The summed E-state index contributed by atoms with van der Waals surface area (Å²) in [7, 11) is 0. The molecule has 5 atom stereocenters. The van der Waals surface area contributed by atoms with Crippen LogP contribution in [-0.2, 0) is 11.2 Å². The number of nitrogen functional groups attached to an aromatic ring is 2. The highest BCUT2D eigenvalue weighted by molar-refractivity contribution is 6.31. The number of nitrogens with one attached hydrogen (secondary N) is 1. The molecule has 1 fully saturated rings. The highest BCUT2D eigenvalue weighted by Crippen LogP contribution is 2.22. The molecule has 0 spiro atoms. The summed E-state index contributed by atoms with van der Waals surface area (Å²) in [6.45, 7) is 5.55. The summed E-state index contributed by atoms with van der Waals surface area (Å²) in [4.78, 5) is 51.8. The second kappa shape index (κ2) is 23.4. The standard InChI is InChI=1S/C38H61ClN8O9/c1-3-4-5-8-14-45(22-28(49)32(52)33(53)29(50)23-48)15-13-30(51)46-16-11-25(12-17-46)20-47(38(55)56)21-26(18-27-10-7-6-9-24(27)2)19-42-37(54)31-35(40)44-36(41)34(39)43-31/h6-7,9-10,25-26,28-29,32-33,48-50,52-53H,3-5,8,11-23H2,1-2H3,(H,42,54)(H,55,56)(H4,40,41,44)/t26?,28-,29-,32-,33-/m1/s1. The van der Waals surface area contributed by atoms with Crippen LogP contribution in [0, 0.1) is 18.8 Å². The van der Waals surface area contributed by atoms with Gasteiger partial charge in [0.25, 0.3) is 5.91 Å². The number of nitrogens with zero attached hydrogens (tertiary/aromatic N) is 5. The first kappa shape index (κ1) is 46.5. The van der Waals surface area contributed by atoms with Gasteiger partial charge in [0.1, 0.15) is 18.3 Å². The summed E-state index contributed by atoms with van der Waals surface area (Å²) in [6.07, 6.45) is -1.83. The number of unbranched alkanes of at least 4 members (excludes halogenated alkanes) is 3. The number of halogens is 1. The van der Waals surface area contributed by atoms with Crippen molar-refractivity contribution in [2.45, 2.75) is 89.6 Å². The molecule has 0 aliphatic carbocycles. The summed E-state index contributed by atoms with van der Waals surface area (Å²) in [5.41, 5.74) is 13.4. The first-order valence-corrected chi connectivity index (χ1v) is 19.7. The van der Waals surface area contributed by atoms with E-state index in [1.54, 1.807) is 4.90 Å². The van der Waals surface area contributed by atoms with Crippen LogP contribution < -0.4 is 16.8 Å². The zero-order chi connectivity index (χ0) is 41.4. The highest BCUT2D eigenvalue weighted by Gasteiger charge is 2.32. The number of likely N-dealkylation sites (tertiary alicyclic amines) is 1. The molecule has 3 amide bonds. The number of aliphatic hydroxyl groups is 5. The van der Waals surface area contributed by atoms with E-state index >= 15 is 0 Å². The number of aromatic nitrogens is 2. The van der Waals surface area contributed by atoms with Crippen molar-refractivity contribution < 1.29 is 45.0 Å². The number of anilines is 2. The first-order valence-electron chi connectivity index (χ1n) is 19.4. The minimum absolute atomic E-state index is 0.00300. The number of carbonyl (C=O) groups excluding carboxylic acids is 2. The Balaban J connectivity index is 1.59. The number of rotatable bonds is 23. The molecule has 0 saturated carbocycles. The molecule has 18 heteroatoms. The number of carbonyl (C=O) groups is 3. The molecule has 1 saturated heterocycles. The lowest BCUT2D eigenvalue weighted by atomic mass is 9.93. The Bertz CT molecular complexity index is 1550. The van der Waals surface area contributed by atoms with Gasteiger partial charge in [-0.2, -0.15) is 0 Å². The number of hydrogen-bond donors (Lipinski definition) is 9.